The zero-order valence-electron chi connectivity index (χ0n) is 15.4. The van der Waals surface area contributed by atoms with E-state index in [1.807, 2.05) is 30.3 Å². The maximum atomic E-state index is 6.28. The third kappa shape index (κ3) is 3.70. The van der Waals surface area contributed by atoms with Crippen molar-refractivity contribution < 1.29 is 4.84 Å². The van der Waals surface area contributed by atoms with Gasteiger partial charge in [-0.05, 0) is 55.8 Å². The Morgan fingerprint density at radius 1 is 1.11 bits per heavy atom. The first-order chi connectivity index (χ1) is 13.5. The van der Waals surface area contributed by atoms with Crippen molar-refractivity contribution >= 4 is 52.0 Å². The minimum absolute atomic E-state index is 0.343. The van der Waals surface area contributed by atoms with E-state index in [-0.39, 0.29) is 5.54 Å². The second-order valence-electron chi connectivity index (χ2n) is 6.99. The predicted octanol–water partition coefficient (Wildman–Crippen LogP) is 5.16. The molecular weight excluding hydrogens is 419 g/mol. The van der Waals surface area contributed by atoms with E-state index in [4.69, 9.17) is 44.6 Å². The van der Waals surface area contributed by atoms with E-state index in [9.17, 15) is 0 Å². The maximum Gasteiger partial charge on any atom is 0.156 e. The van der Waals surface area contributed by atoms with Crippen molar-refractivity contribution in [1.82, 2.24) is 5.32 Å². The molecule has 1 fully saturated rings. The Hall–Kier alpha value is -1.50. The lowest BCUT2D eigenvalue weighted by Crippen LogP contribution is -2.61. The number of benzene rings is 2. The SMILES string of the molecule is CON1C(=NCc2cccc(Cl)c2)C2(CCNCC2)Nc2cc(Cl)c(Cl)cc21. The molecule has 0 saturated carbocycles. The average Bonchev–Trinajstić information content (AvgIpc) is 2.68. The van der Waals surface area contributed by atoms with Gasteiger partial charge in [-0.1, -0.05) is 46.9 Å². The van der Waals surface area contributed by atoms with E-state index in [2.05, 4.69) is 10.6 Å². The van der Waals surface area contributed by atoms with Crippen LogP contribution in [0, 0.1) is 0 Å². The molecule has 0 radical (unpaired) electrons. The van der Waals surface area contributed by atoms with Gasteiger partial charge in [0.25, 0.3) is 0 Å². The second-order valence-corrected chi connectivity index (χ2v) is 8.24. The van der Waals surface area contributed by atoms with Gasteiger partial charge >= 0.3 is 0 Å². The lowest BCUT2D eigenvalue weighted by Gasteiger charge is -2.47. The number of piperidine rings is 1. The number of amidine groups is 1. The first-order valence-electron chi connectivity index (χ1n) is 9.14. The summed E-state index contributed by atoms with van der Waals surface area (Å²) in [4.78, 5) is 10.7. The number of anilines is 2. The zero-order valence-corrected chi connectivity index (χ0v) is 17.7. The molecule has 0 aliphatic carbocycles. The Morgan fingerprint density at radius 2 is 1.86 bits per heavy atom. The summed E-state index contributed by atoms with van der Waals surface area (Å²) in [6.07, 6.45) is 1.75. The molecule has 1 saturated heterocycles. The molecule has 2 aromatic rings. The second kappa shape index (κ2) is 8.09. The number of nitrogens with zero attached hydrogens (tertiary/aromatic N) is 2. The summed E-state index contributed by atoms with van der Waals surface area (Å²) < 4.78 is 0. The molecule has 2 aromatic carbocycles. The van der Waals surface area contributed by atoms with Gasteiger partial charge in [0.05, 0.1) is 35.1 Å². The van der Waals surface area contributed by atoms with Crippen LogP contribution in [0.25, 0.3) is 0 Å². The van der Waals surface area contributed by atoms with Gasteiger partial charge in [0, 0.05) is 5.02 Å². The molecule has 0 aromatic heterocycles. The molecule has 8 heteroatoms. The molecule has 0 atom stereocenters. The van der Waals surface area contributed by atoms with Crippen LogP contribution >= 0.6 is 34.8 Å². The molecule has 2 N–H and O–H groups in total. The molecule has 1 spiro atoms. The molecule has 0 bridgehead atoms. The van der Waals surface area contributed by atoms with Crippen LogP contribution in [0.3, 0.4) is 0 Å². The summed E-state index contributed by atoms with van der Waals surface area (Å²) in [5, 5.41) is 10.5. The first-order valence-corrected chi connectivity index (χ1v) is 10.3. The highest BCUT2D eigenvalue weighted by Gasteiger charge is 2.45. The Kier molecular flexibility index (Phi) is 5.72. The van der Waals surface area contributed by atoms with E-state index < -0.39 is 0 Å². The van der Waals surface area contributed by atoms with Crippen LogP contribution in [0.1, 0.15) is 18.4 Å². The average molecular weight is 440 g/mol. The van der Waals surface area contributed by atoms with Crippen LogP contribution in [0.4, 0.5) is 11.4 Å². The van der Waals surface area contributed by atoms with E-state index in [0.29, 0.717) is 21.6 Å². The number of aliphatic imine (C=N–C) groups is 1. The summed E-state index contributed by atoms with van der Waals surface area (Å²) in [6, 6.07) is 11.4. The van der Waals surface area contributed by atoms with Crippen molar-refractivity contribution in [3.05, 3.63) is 57.0 Å². The number of rotatable bonds is 3. The molecule has 0 amide bonds. The van der Waals surface area contributed by atoms with Crippen molar-refractivity contribution in [2.24, 2.45) is 4.99 Å². The van der Waals surface area contributed by atoms with E-state index in [0.717, 1.165) is 48.7 Å². The maximum absolute atomic E-state index is 6.28. The van der Waals surface area contributed by atoms with Crippen molar-refractivity contribution in [3.63, 3.8) is 0 Å². The number of hydrogen-bond donors (Lipinski definition) is 2. The molecule has 4 rings (SSSR count). The fourth-order valence-electron chi connectivity index (χ4n) is 3.83. The number of hydroxylamine groups is 1. The summed E-state index contributed by atoms with van der Waals surface area (Å²) >= 11 is 18.7. The van der Waals surface area contributed by atoms with Gasteiger partial charge in [0.2, 0.25) is 0 Å². The predicted molar refractivity (Wildman–Crippen MR) is 117 cm³/mol. The molecule has 2 aliphatic rings. The van der Waals surface area contributed by atoms with Gasteiger partial charge in [0.1, 0.15) is 5.54 Å². The fourth-order valence-corrected chi connectivity index (χ4v) is 4.37. The van der Waals surface area contributed by atoms with Crippen LogP contribution < -0.4 is 15.7 Å². The minimum Gasteiger partial charge on any atom is -0.371 e. The van der Waals surface area contributed by atoms with Crippen LogP contribution in [0.2, 0.25) is 15.1 Å². The summed E-state index contributed by atoms with van der Waals surface area (Å²) in [5.41, 5.74) is 2.38. The smallest absolute Gasteiger partial charge is 0.156 e. The Morgan fingerprint density at radius 3 is 2.57 bits per heavy atom. The molecule has 0 unspecified atom stereocenters. The lowest BCUT2D eigenvalue weighted by atomic mass is 9.84. The van der Waals surface area contributed by atoms with Crippen molar-refractivity contribution in [2.75, 3.05) is 30.6 Å². The summed E-state index contributed by atoms with van der Waals surface area (Å²) in [7, 11) is 1.64. The quantitative estimate of drug-likeness (QED) is 0.693. The lowest BCUT2D eigenvalue weighted by molar-refractivity contribution is 0.199. The number of fused-ring (bicyclic) bond motifs is 1. The monoisotopic (exact) mass is 438 g/mol. The van der Waals surface area contributed by atoms with Gasteiger partial charge in [-0.15, -0.1) is 0 Å². The van der Waals surface area contributed by atoms with Gasteiger partial charge in [0.15, 0.2) is 5.84 Å². The highest BCUT2D eigenvalue weighted by Crippen LogP contribution is 2.43. The van der Waals surface area contributed by atoms with Gasteiger partial charge in [-0.3, -0.25) is 9.83 Å². The largest absolute Gasteiger partial charge is 0.371 e. The Balaban J connectivity index is 1.79. The first kappa shape index (κ1) is 19.8. The third-order valence-corrected chi connectivity index (χ3v) is 6.15. The minimum atomic E-state index is -0.343. The number of hydrogen-bond acceptors (Lipinski definition) is 4. The van der Waals surface area contributed by atoms with Gasteiger partial charge < -0.3 is 10.6 Å². The van der Waals surface area contributed by atoms with E-state index >= 15 is 0 Å². The summed E-state index contributed by atoms with van der Waals surface area (Å²) in [5.74, 6) is 0.836. The molecular formula is C20H21Cl3N4O. The van der Waals surface area contributed by atoms with E-state index in [1.54, 1.807) is 18.2 Å². The van der Waals surface area contributed by atoms with Crippen LogP contribution in [0.15, 0.2) is 41.4 Å². The van der Waals surface area contributed by atoms with Crippen LogP contribution in [-0.4, -0.2) is 31.6 Å². The standard InChI is InChI=1S/C20H21Cl3N4O/c1-28-27-18-11-16(23)15(22)10-17(18)26-20(5-7-24-8-6-20)19(27)25-12-13-3-2-4-14(21)9-13/h2-4,9-11,24,26H,5-8,12H2,1H3. The molecule has 148 valence electrons. The Bertz CT molecular complexity index is 912. The highest BCUT2D eigenvalue weighted by molar-refractivity contribution is 6.42. The van der Waals surface area contributed by atoms with Crippen LogP contribution in [-0.2, 0) is 11.4 Å². The fraction of sp³-hybridized carbons (Fsp3) is 0.350. The third-order valence-electron chi connectivity index (χ3n) is 5.19. The van der Waals surface area contributed by atoms with Gasteiger partial charge in [-0.2, -0.15) is 0 Å². The molecule has 2 aliphatic heterocycles. The molecule has 2 heterocycles. The highest BCUT2D eigenvalue weighted by atomic mass is 35.5. The molecule has 28 heavy (non-hydrogen) atoms. The summed E-state index contributed by atoms with van der Waals surface area (Å²) in [6.45, 7) is 2.28. The Labute approximate surface area is 179 Å². The van der Waals surface area contributed by atoms with Crippen molar-refractivity contribution in [2.45, 2.75) is 24.9 Å². The van der Waals surface area contributed by atoms with Gasteiger partial charge in [-0.25, -0.2) is 5.06 Å². The zero-order chi connectivity index (χ0) is 19.7. The number of nitrogens with one attached hydrogen (secondary N) is 2. The normalized spacial score (nSPS) is 19.6. The van der Waals surface area contributed by atoms with Crippen molar-refractivity contribution in [1.29, 1.82) is 0 Å². The number of halogens is 3. The topological polar surface area (TPSA) is 48.9 Å². The van der Waals surface area contributed by atoms with E-state index in [1.165, 1.54) is 0 Å². The molecule has 5 nitrogen and oxygen atoms in total. The van der Waals surface area contributed by atoms with Crippen molar-refractivity contribution in [3.8, 4) is 0 Å². The van der Waals surface area contributed by atoms with Crippen LogP contribution in [0.5, 0.6) is 0 Å².